The molecule has 0 amide bonds. The molecule has 1 rings (SSSR count). The van der Waals surface area contributed by atoms with E-state index in [1.54, 1.807) is 0 Å². The summed E-state index contributed by atoms with van der Waals surface area (Å²) in [4.78, 5) is 4.77. The molecule has 0 atom stereocenters. The predicted molar refractivity (Wildman–Crippen MR) is 113 cm³/mol. The van der Waals surface area contributed by atoms with Gasteiger partial charge in [-0.2, -0.15) is 0 Å². The smallest absolute Gasteiger partial charge is 0.208 e. The molecule has 1 aliphatic rings. The molecule has 3 N–H and O–H groups in total. The number of halogens is 1. The van der Waals surface area contributed by atoms with Crippen LogP contribution in [0.3, 0.4) is 0 Å². The zero-order valence-corrected chi connectivity index (χ0v) is 18.7. The van der Waals surface area contributed by atoms with Crippen molar-refractivity contribution >= 4 is 40.0 Å². The third-order valence-electron chi connectivity index (χ3n) is 4.20. The molecule has 1 fully saturated rings. The molecule has 1 aliphatic carbocycles. The van der Waals surface area contributed by atoms with E-state index in [1.807, 2.05) is 6.92 Å². The molecular weight excluding hydrogens is 439 g/mol. The Morgan fingerprint density at radius 2 is 1.79 bits per heavy atom. The molecule has 0 saturated heterocycles. The van der Waals surface area contributed by atoms with Crippen LogP contribution in [0.4, 0.5) is 0 Å². The summed E-state index contributed by atoms with van der Waals surface area (Å²) >= 11 is 0. The fourth-order valence-corrected chi connectivity index (χ4v) is 3.90. The van der Waals surface area contributed by atoms with Crippen molar-refractivity contribution in [2.75, 3.05) is 32.4 Å². The van der Waals surface area contributed by atoms with Crippen LogP contribution in [-0.4, -0.2) is 46.8 Å². The van der Waals surface area contributed by atoms with Crippen LogP contribution in [0, 0.1) is 11.3 Å². The molecule has 0 heterocycles. The molecule has 144 valence electrons. The van der Waals surface area contributed by atoms with E-state index in [1.165, 1.54) is 38.4 Å². The van der Waals surface area contributed by atoms with Crippen molar-refractivity contribution in [1.29, 1.82) is 0 Å². The lowest BCUT2D eigenvalue weighted by molar-refractivity contribution is 0.245. The largest absolute Gasteiger partial charge is 0.357 e. The minimum absolute atomic E-state index is 0. The van der Waals surface area contributed by atoms with Gasteiger partial charge in [-0.3, -0.25) is 4.99 Å². The van der Waals surface area contributed by atoms with E-state index >= 15 is 0 Å². The predicted octanol–water partition coefficient (Wildman–Crippen LogP) is 2.32. The topological polar surface area (TPSA) is 82.6 Å². The lowest BCUT2D eigenvalue weighted by Gasteiger charge is -2.29. The molecule has 0 aromatic heterocycles. The average molecular weight is 474 g/mol. The van der Waals surface area contributed by atoms with Crippen molar-refractivity contribution in [3.63, 3.8) is 0 Å². The second-order valence-electron chi connectivity index (χ2n) is 7.09. The van der Waals surface area contributed by atoms with E-state index < -0.39 is 10.0 Å². The van der Waals surface area contributed by atoms with Crippen molar-refractivity contribution in [2.24, 2.45) is 16.3 Å². The van der Waals surface area contributed by atoms with Crippen molar-refractivity contribution < 1.29 is 8.42 Å². The van der Waals surface area contributed by atoms with Crippen LogP contribution in [-0.2, 0) is 10.0 Å². The van der Waals surface area contributed by atoms with Gasteiger partial charge in [0.15, 0.2) is 5.96 Å². The number of rotatable bonds is 9. The number of hydrogen-bond acceptors (Lipinski definition) is 3. The molecule has 0 spiro atoms. The zero-order valence-electron chi connectivity index (χ0n) is 15.5. The molecule has 6 nitrogen and oxygen atoms in total. The van der Waals surface area contributed by atoms with Crippen LogP contribution in [0.25, 0.3) is 0 Å². The summed E-state index contributed by atoms with van der Waals surface area (Å²) in [5.74, 6) is 1.47. The van der Waals surface area contributed by atoms with E-state index in [4.69, 9.17) is 4.99 Å². The molecule has 0 bridgehead atoms. The minimum atomic E-state index is -3.13. The summed E-state index contributed by atoms with van der Waals surface area (Å²) < 4.78 is 24.6. The fourth-order valence-electron chi connectivity index (χ4n) is 3.42. The van der Waals surface area contributed by atoms with E-state index in [0.29, 0.717) is 24.4 Å². The Kier molecular flexibility index (Phi) is 11.5. The maximum Gasteiger partial charge on any atom is 0.208 e. The Labute approximate surface area is 165 Å². The third-order valence-corrected chi connectivity index (χ3v) is 4.93. The first-order valence-corrected chi connectivity index (χ1v) is 10.6. The van der Waals surface area contributed by atoms with Gasteiger partial charge in [0.25, 0.3) is 0 Å². The lowest BCUT2D eigenvalue weighted by Crippen LogP contribution is -2.42. The Balaban J connectivity index is 0.00000529. The zero-order chi connectivity index (χ0) is 17.3. The first-order valence-electron chi connectivity index (χ1n) is 8.73. The highest BCUT2D eigenvalue weighted by molar-refractivity contribution is 14.0. The van der Waals surface area contributed by atoms with Crippen LogP contribution < -0.4 is 15.4 Å². The van der Waals surface area contributed by atoms with E-state index in [-0.39, 0.29) is 24.0 Å². The highest BCUT2D eigenvalue weighted by atomic mass is 127. The third kappa shape index (κ3) is 10.0. The molecule has 0 unspecified atom stereocenters. The first kappa shape index (κ1) is 23.9. The van der Waals surface area contributed by atoms with Gasteiger partial charge in [-0.15, -0.1) is 24.0 Å². The maximum absolute atomic E-state index is 11.1. The van der Waals surface area contributed by atoms with Crippen LogP contribution >= 0.6 is 24.0 Å². The fraction of sp³-hybridized carbons (Fsp3) is 0.938. The van der Waals surface area contributed by atoms with E-state index in [0.717, 1.165) is 19.0 Å². The normalized spacial score (nSPS) is 17.6. The number of hydrogen-bond donors (Lipinski definition) is 3. The molecule has 0 aromatic rings. The number of sulfonamides is 1. The van der Waals surface area contributed by atoms with Gasteiger partial charge in [-0.25, -0.2) is 13.1 Å². The Morgan fingerprint density at radius 3 is 2.29 bits per heavy atom. The monoisotopic (exact) mass is 474 g/mol. The quantitative estimate of drug-likeness (QED) is 0.207. The average Bonchev–Trinajstić information content (AvgIpc) is 2.87. The molecule has 24 heavy (non-hydrogen) atoms. The summed E-state index contributed by atoms with van der Waals surface area (Å²) in [6.07, 6.45) is 7.55. The first-order chi connectivity index (χ1) is 10.8. The number of nitrogens with one attached hydrogen (secondary N) is 3. The maximum atomic E-state index is 11.1. The highest BCUT2D eigenvalue weighted by Crippen LogP contribution is 2.43. The van der Waals surface area contributed by atoms with Crippen molar-refractivity contribution in [3.8, 4) is 0 Å². The molecular formula is C16H35IN4O2S. The van der Waals surface area contributed by atoms with Crippen LogP contribution in [0.5, 0.6) is 0 Å². The van der Waals surface area contributed by atoms with Gasteiger partial charge in [0, 0.05) is 26.2 Å². The number of nitrogens with zero attached hydrogens (tertiary/aromatic N) is 1. The van der Waals surface area contributed by atoms with Gasteiger partial charge in [-0.1, -0.05) is 26.7 Å². The SMILES string of the molecule is CCNC(=NCC1(CC(C)C)CCCC1)NCCNS(C)(=O)=O.I. The van der Waals surface area contributed by atoms with Gasteiger partial charge in [0.1, 0.15) is 0 Å². The number of guanidine groups is 1. The van der Waals surface area contributed by atoms with Gasteiger partial charge in [0.05, 0.1) is 6.26 Å². The molecule has 1 saturated carbocycles. The summed E-state index contributed by atoms with van der Waals surface area (Å²) in [7, 11) is -3.13. The molecule has 8 heteroatoms. The molecule has 0 aromatic carbocycles. The van der Waals surface area contributed by atoms with Crippen LogP contribution in [0.15, 0.2) is 4.99 Å². The van der Waals surface area contributed by atoms with E-state index in [2.05, 4.69) is 29.2 Å². The van der Waals surface area contributed by atoms with Gasteiger partial charge in [-0.05, 0) is 37.5 Å². The number of aliphatic imine (C=N–C) groups is 1. The molecule has 0 aliphatic heterocycles. The minimum Gasteiger partial charge on any atom is -0.357 e. The summed E-state index contributed by atoms with van der Waals surface area (Å²) in [6.45, 7) is 9.12. The summed E-state index contributed by atoms with van der Waals surface area (Å²) in [5, 5.41) is 6.44. The van der Waals surface area contributed by atoms with Crippen molar-refractivity contribution in [1.82, 2.24) is 15.4 Å². The summed E-state index contributed by atoms with van der Waals surface area (Å²) in [5.41, 5.74) is 0.349. The Hall–Kier alpha value is -0.0900. The van der Waals surface area contributed by atoms with E-state index in [9.17, 15) is 8.42 Å². The standard InChI is InChI=1S/C16H34N4O2S.HI/c1-5-17-15(18-10-11-20-23(4,21)22)19-13-16(12-14(2)3)8-6-7-9-16;/h14,20H,5-13H2,1-4H3,(H2,17,18,19);1H. The lowest BCUT2D eigenvalue weighted by atomic mass is 9.78. The second kappa shape index (κ2) is 11.5. The molecule has 0 radical (unpaired) electrons. The van der Waals surface area contributed by atoms with Crippen molar-refractivity contribution in [3.05, 3.63) is 0 Å². The van der Waals surface area contributed by atoms with Crippen LogP contribution in [0.1, 0.15) is 52.9 Å². The Morgan fingerprint density at radius 1 is 1.17 bits per heavy atom. The highest BCUT2D eigenvalue weighted by Gasteiger charge is 2.34. The second-order valence-corrected chi connectivity index (χ2v) is 8.93. The van der Waals surface area contributed by atoms with Gasteiger partial charge >= 0.3 is 0 Å². The van der Waals surface area contributed by atoms with Crippen molar-refractivity contribution in [2.45, 2.75) is 52.9 Å². The van der Waals surface area contributed by atoms with Gasteiger partial charge in [0.2, 0.25) is 10.0 Å². The summed E-state index contributed by atoms with van der Waals surface area (Å²) in [6, 6.07) is 0. The van der Waals surface area contributed by atoms with Crippen LogP contribution in [0.2, 0.25) is 0 Å². The van der Waals surface area contributed by atoms with Gasteiger partial charge < -0.3 is 10.6 Å². The Bertz CT molecular complexity index is 474.